The molecule has 0 fully saturated rings. The Kier molecular flexibility index (Phi) is 7.48. The van der Waals surface area contributed by atoms with E-state index in [1.165, 1.54) is 0 Å². The lowest BCUT2D eigenvalue weighted by Gasteiger charge is -2.12. The number of benzene rings is 1. The fourth-order valence-electron chi connectivity index (χ4n) is 2.08. The SMILES string of the molecule is CN=C(NCCCOCCOC)NCc1ccc2c(c1)OCO2. The maximum absolute atomic E-state index is 5.41. The molecule has 0 atom stereocenters. The van der Waals surface area contributed by atoms with Crippen molar-refractivity contribution in [1.29, 1.82) is 0 Å². The van der Waals surface area contributed by atoms with Gasteiger partial charge in [-0.3, -0.25) is 4.99 Å². The zero-order chi connectivity index (χ0) is 16.3. The lowest BCUT2D eigenvalue weighted by Crippen LogP contribution is -2.37. The Morgan fingerprint density at radius 3 is 2.87 bits per heavy atom. The minimum Gasteiger partial charge on any atom is -0.454 e. The molecule has 0 saturated carbocycles. The first-order chi connectivity index (χ1) is 11.3. The van der Waals surface area contributed by atoms with Crippen LogP contribution in [-0.4, -0.2) is 53.3 Å². The van der Waals surface area contributed by atoms with Gasteiger partial charge in [-0.25, -0.2) is 0 Å². The Balaban J connectivity index is 1.63. The van der Waals surface area contributed by atoms with Gasteiger partial charge >= 0.3 is 0 Å². The summed E-state index contributed by atoms with van der Waals surface area (Å²) in [6, 6.07) is 5.91. The van der Waals surface area contributed by atoms with Crippen LogP contribution in [0.1, 0.15) is 12.0 Å². The van der Waals surface area contributed by atoms with Crippen molar-refractivity contribution in [3.05, 3.63) is 23.8 Å². The molecule has 2 N–H and O–H groups in total. The Labute approximate surface area is 137 Å². The van der Waals surface area contributed by atoms with E-state index in [0.717, 1.165) is 36.0 Å². The monoisotopic (exact) mass is 323 g/mol. The molecule has 7 nitrogen and oxygen atoms in total. The lowest BCUT2D eigenvalue weighted by atomic mass is 10.2. The molecule has 0 saturated heterocycles. The highest BCUT2D eigenvalue weighted by Crippen LogP contribution is 2.32. The molecule has 1 aromatic rings. The minimum atomic E-state index is 0.294. The zero-order valence-corrected chi connectivity index (χ0v) is 13.8. The van der Waals surface area contributed by atoms with Crippen molar-refractivity contribution in [2.75, 3.05) is 47.3 Å². The lowest BCUT2D eigenvalue weighted by molar-refractivity contribution is 0.0698. The largest absolute Gasteiger partial charge is 0.454 e. The standard InChI is InChI=1S/C16H25N3O4/c1-17-16(18-6-3-7-21-9-8-20-2)19-11-13-4-5-14-15(10-13)23-12-22-14/h4-5,10H,3,6-9,11-12H2,1-2H3,(H2,17,18,19). The van der Waals surface area contributed by atoms with Crippen LogP contribution in [0.3, 0.4) is 0 Å². The maximum atomic E-state index is 5.41. The van der Waals surface area contributed by atoms with Crippen LogP contribution in [0.5, 0.6) is 11.5 Å². The predicted octanol–water partition coefficient (Wildman–Crippen LogP) is 1.13. The van der Waals surface area contributed by atoms with Gasteiger partial charge in [0.2, 0.25) is 6.79 Å². The summed E-state index contributed by atoms with van der Waals surface area (Å²) in [5.41, 5.74) is 1.11. The first-order valence-electron chi connectivity index (χ1n) is 7.73. The third-order valence-electron chi connectivity index (χ3n) is 3.31. The van der Waals surface area contributed by atoms with Gasteiger partial charge < -0.3 is 29.6 Å². The highest BCUT2D eigenvalue weighted by Gasteiger charge is 2.13. The number of aliphatic imine (C=N–C) groups is 1. The molecule has 23 heavy (non-hydrogen) atoms. The van der Waals surface area contributed by atoms with E-state index in [0.29, 0.717) is 33.2 Å². The van der Waals surface area contributed by atoms with Crippen molar-refractivity contribution in [3.8, 4) is 11.5 Å². The van der Waals surface area contributed by atoms with Crippen molar-refractivity contribution >= 4 is 5.96 Å². The molecule has 0 amide bonds. The number of guanidine groups is 1. The molecule has 1 aromatic carbocycles. The number of ether oxygens (including phenoxy) is 4. The van der Waals surface area contributed by atoms with E-state index < -0.39 is 0 Å². The van der Waals surface area contributed by atoms with Gasteiger partial charge in [-0.1, -0.05) is 6.07 Å². The van der Waals surface area contributed by atoms with Crippen molar-refractivity contribution in [2.24, 2.45) is 4.99 Å². The number of fused-ring (bicyclic) bond motifs is 1. The average Bonchev–Trinajstić information content (AvgIpc) is 3.04. The van der Waals surface area contributed by atoms with Crippen molar-refractivity contribution in [3.63, 3.8) is 0 Å². The number of methoxy groups -OCH3 is 1. The molecule has 0 aromatic heterocycles. The third kappa shape index (κ3) is 5.96. The number of hydrogen-bond acceptors (Lipinski definition) is 5. The third-order valence-corrected chi connectivity index (χ3v) is 3.31. The van der Waals surface area contributed by atoms with Crippen LogP contribution in [0, 0.1) is 0 Å². The van der Waals surface area contributed by atoms with Gasteiger partial charge in [0.1, 0.15) is 0 Å². The number of rotatable bonds is 9. The summed E-state index contributed by atoms with van der Waals surface area (Å²) in [5.74, 6) is 2.35. The first-order valence-corrected chi connectivity index (χ1v) is 7.73. The second-order valence-electron chi connectivity index (χ2n) is 5.00. The minimum absolute atomic E-state index is 0.294. The van der Waals surface area contributed by atoms with Gasteiger partial charge in [0, 0.05) is 33.9 Å². The van der Waals surface area contributed by atoms with Gasteiger partial charge in [-0.2, -0.15) is 0 Å². The molecule has 1 heterocycles. The van der Waals surface area contributed by atoms with Crippen LogP contribution in [0.15, 0.2) is 23.2 Å². The summed E-state index contributed by atoms with van der Waals surface area (Å²) in [5, 5.41) is 6.52. The fourth-order valence-corrected chi connectivity index (χ4v) is 2.08. The van der Waals surface area contributed by atoms with Gasteiger partial charge in [-0.05, 0) is 24.1 Å². The molecule has 7 heteroatoms. The second-order valence-corrected chi connectivity index (χ2v) is 5.00. The van der Waals surface area contributed by atoms with Gasteiger partial charge in [0.25, 0.3) is 0 Å². The van der Waals surface area contributed by atoms with E-state index in [9.17, 15) is 0 Å². The summed E-state index contributed by atoms with van der Waals surface area (Å²) in [4.78, 5) is 4.20. The average molecular weight is 323 g/mol. The van der Waals surface area contributed by atoms with Crippen molar-refractivity contribution in [1.82, 2.24) is 10.6 Å². The molecule has 2 rings (SSSR count). The molecule has 1 aliphatic rings. The van der Waals surface area contributed by atoms with Crippen LogP contribution in [-0.2, 0) is 16.0 Å². The summed E-state index contributed by atoms with van der Waals surface area (Å²) >= 11 is 0. The van der Waals surface area contributed by atoms with Gasteiger partial charge in [-0.15, -0.1) is 0 Å². The van der Waals surface area contributed by atoms with Crippen LogP contribution in [0.2, 0.25) is 0 Å². The van der Waals surface area contributed by atoms with E-state index in [1.807, 2.05) is 18.2 Å². The Morgan fingerprint density at radius 1 is 1.17 bits per heavy atom. The Morgan fingerprint density at radius 2 is 2.04 bits per heavy atom. The quantitative estimate of drug-likeness (QED) is 0.403. The second kappa shape index (κ2) is 9.91. The summed E-state index contributed by atoms with van der Waals surface area (Å²) in [6.07, 6.45) is 0.911. The van der Waals surface area contributed by atoms with E-state index in [2.05, 4.69) is 15.6 Å². The van der Waals surface area contributed by atoms with Crippen molar-refractivity contribution in [2.45, 2.75) is 13.0 Å². The molecule has 0 radical (unpaired) electrons. The van der Waals surface area contributed by atoms with Crippen LogP contribution < -0.4 is 20.1 Å². The normalized spacial score (nSPS) is 13.2. The number of hydrogen-bond donors (Lipinski definition) is 2. The first kappa shape index (κ1) is 17.4. The van der Waals surface area contributed by atoms with Crippen molar-refractivity contribution < 1.29 is 18.9 Å². The van der Waals surface area contributed by atoms with Crippen LogP contribution >= 0.6 is 0 Å². The smallest absolute Gasteiger partial charge is 0.231 e. The maximum Gasteiger partial charge on any atom is 0.231 e. The zero-order valence-electron chi connectivity index (χ0n) is 13.8. The molecule has 1 aliphatic heterocycles. The molecule has 0 aliphatic carbocycles. The van der Waals surface area contributed by atoms with E-state index in [1.54, 1.807) is 14.2 Å². The Bertz CT molecular complexity index is 508. The number of nitrogens with zero attached hydrogens (tertiary/aromatic N) is 1. The molecule has 128 valence electrons. The highest BCUT2D eigenvalue weighted by atomic mass is 16.7. The van der Waals surface area contributed by atoms with Gasteiger partial charge in [0.05, 0.1) is 13.2 Å². The molecular weight excluding hydrogens is 298 g/mol. The van der Waals surface area contributed by atoms with E-state index in [-0.39, 0.29) is 0 Å². The van der Waals surface area contributed by atoms with E-state index in [4.69, 9.17) is 18.9 Å². The summed E-state index contributed by atoms with van der Waals surface area (Å²) in [6.45, 7) is 3.73. The van der Waals surface area contributed by atoms with Gasteiger partial charge in [0.15, 0.2) is 17.5 Å². The molecule has 0 unspecified atom stereocenters. The van der Waals surface area contributed by atoms with Crippen LogP contribution in [0.25, 0.3) is 0 Å². The molecule has 0 bridgehead atoms. The highest BCUT2D eigenvalue weighted by molar-refractivity contribution is 5.79. The summed E-state index contributed by atoms with van der Waals surface area (Å²) in [7, 11) is 3.42. The molecular formula is C16H25N3O4. The fraction of sp³-hybridized carbons (Fsp3) is 0.562. The number of nitrogens with one attached hydrogen (secondary N) is 2. The predicted molar refractivity (Wildman–Crippen MR) is 88.1 cm³/mol. The molecule has 0 spiro atoms. The Hall–Kier alpha value is -1.99. The topological polar surface area (TPSA) is 73.3 Å². The van der Waals surface area contributed by atoms with Crippen LogP contribution in [0.4, 0.5) is 0 Å². The van der Waals surface area contributed by atoms with E-state index >= 15 is 0 Å². The summed E-state index contributed by atoms with van der Waals surface area (Å²) < 4.78 is 21.0.